The molecule has 0 aliphatic carbocycles. The molecule has 24 heavy (non-hydrogen) atoms. The second kappa shape index (κ2) is 7.87. The molecule has 0 unspecified atom stereocenters. The topological polar surface area (TPSA) is 47.6 Å². The number of ether oxygens (including phenoxy) is 2. The minimum absolute atomic E-state index is 0.159. The van der Waals surface area contributed by atoms with Gasteiger partial charge in [0.1, 0.15) is 13.2 Å². The van der Waals surface area contributed by atoms with E-state index in [2.05, 4.69) is 21.2 Å². The van der Waals surface area contributed by atoms with Crippen molar-refractivity contribution in [1.82, 2.24) is 0 Å². The number of carbonyl (C=O) groups is 1. The van der Waals surface area contributed by atoms with E-state index in [1.807, 2.05) is 0 Å². The molecule has 1 N–H and O–H groups in total. The predicted molar refractivity (Wildman–Crippen MR) is 101 cm³/mol. The van der Waals surface area contributed by atoms with Gasteiger partial charge in [-0.25, -0.2) is 0 Å². The van der Waals surface area contributed by atoms with E-state index in [0.29, 0.717) is 40.4 Å². The van der Waals surface area contributed by atoms with Gasteiger partial charge in [-0.05, 0) is 34.1 Å². The van der Waals surface area contributed by atoms with Crippen LogP contribution in [-0.2, 0) is 4.79 Å². The Morgan fingerprint density at radius 3 is 2.62 bits per heavy atom. The lowest BCUT2D eigenvalue weighted by molar-refractivity contribution is -0.113. The van der Waals surface area contributed by atoms with Crippen LogP contribution in [-0.4, -0.2) is 24.9 Å². The number of benzene rings is 2. The third kappa shape index (κ3) is 4.30. The molecule has 1 aliphatic rings. The fourth-order valence-electron chi connectivity index (χ4n) is 2.08. The Morgan fingerprint density at radius 2 is 1.88 bits per heavy atom. The molecule has 0 aromatic heterocycles. The van der Waals surface area contributed by atoms with E-state index in [9.17, 15) is 4.79 Å². The molecule has 0 spiro atoms. The number of hydrogen-bond donors (Lipinski definition) is 1. The molecule has 0 radical (unpaired) electrons. The quantitative estimate of drug-likeness (QED) is 0.648. The smallest absolute Gasteiger partial charge is 0.234 e. The molecular formula is C16H12BrCl2NO3S. The number of nitrogens with one attached hydrogen (secondary N) is 1. The number of fused-ring (bicyclic) bond motifs is 1. The fourth-order valence-corrected chi connectivity index (χ4v) is 3.79. The summed E-state index contributed by atoms with van der Waals surface area (Å²) >= 11 is 16.8. The SMILES string of the molecule is O=C(CSc1cc(Cl)ccc1Cl)Nc1cc2c(cc1Br)OCCO2. The molecule has 2 aromatic carbocycles. The van der Waals surface area contributed by atoms with Crippen molar-refractivity contribution in [3.05, 3.63) is 44.8 Å². The second-order valence-electron chi connectivity index (χ2n) is 4.89. The number of thioether (sulfide) groups is 1. The highest BCUT2D eigenvalue weighted by atomic mass is 79.9. The molecule has 1 amide bonds. The molecule has 8 heteroatoms. The zero-order valence-electron chi connectivity index (χ0n) is 12.3. The van der Waals surface area contributed by atoms with Gasteiger partial charge >= 0.3 is 0 Å². The van der Waals surface area contributed by atoms with E-state index >= 15 is 0 Å². The summed E-state index contributed by atoms with van der Waals surface area (Å²) in [5.41, 5.74) is 0.627. The average Bonchev–Trinajstić information content (AvgIpc) is 2.56. The lowest BCUT2D eigenvalue weighted by atomic mass is 10.2. The van der Waals surface area contributed by atoms with Gasteiger partial charge in [0.15, 0.2) is 11.5 Å². The summed E-state index contributed by atoms with van der Waals surface area (Å²) < 4.78 is 11.7. The van der Waals surface area contributed by atoms with Crippen LogP contribution in [0.1, 0.15) is 0 Å². The van der Waals surface area contributed by atoms with Gasteiger partial charge in [0.05, 0.1) is 16.5 Å². The average molecular weight is 449 g/mol. The number of rotatable bonds is 4. The van der Waals surface area contributed by atoms with E-state index in [1.54, 1.807) is 30.3 Å². The zero-order valence-corrected chi connectivity index (χ0v) is 16.2. The molecule has 1 heterocycles. The molecule has 0 saturated heterocycles. The highest BCUT2D eigenvalue weighted by Crippen LogP contribution is 2.38. The monoisotopic (exact) mass is 447 g/mol. The maximum absolute atomic E-state index is 12.2. The Bertz CT molecular complexity index is 788. The van der Waals surface area contributed by atoms with Gasteiger partial charge < -0.3 is 14.8 Å². The highest BCUT2D eigenvalue weighted by Gasteiger charge is 2.16. The van der Waals surface area contributed by atoms with Crippen molar-refractivity contribution in [2.45, 2.75) is 4.90 Å². The van der Waals surface area contributed by atoms with Crippen molar-refractivity contribution < 1.29 is 14.3 Å². The van der Waals surface area contributed by atoms with Crippen LogP contribution in [0.3, 0.4) is 0 Å². The lowest BCUT2D eigenvalue weighted by Gasteiger charge is -2.20. The molecule has 2 aromatic rings. The fraction of sp³-hybridized carbons (Fsp3) is 0.188. The first-order chi connectivity index (χ1) is 11.5. The third-order valence-corrected chi connectivity index (χ3v) is 5.55. The van der Waals surface area contributed by atoms with Crippen molar-refractivity contribution in [3.63, 3.8) is 0 Å². The Hall–Kier alpha value is -1.08. The summed E-state index contributed by atoms with van der Waals surface area (Å²) in [4.78, 5) is 13.0. The molecule has 0 atom stereocenters. The van der Waals surface area contributed by atoms with Crippen LogP contribution in [0.4, 0.5) is 5.69 Å². The van der Waals surface area contributed by atoms with Gasteiger partial charge in [-0.2, -0.15) is 0 Å². The van der Waals surface area contributed by atoms with Crippen molar-refractivity contribution in [1.29, 1.82) is 0 Å². The minimum Gasteiger partial charge on any atom is -0.486 e. The van der Waals surface area contributed by atoms with E-state index < -0.39 is 0 Å². The van der Waals surface area contributed by atoms with Crippen molar-refractivity contribution >= 4 is 62.5 Å². The molecule has 0 bridgehead atoms. The molecule has 1 aliphatic heterocycles. The standard InChI is InChI=1S/C16H12BrCl2NO3S/c17-10-6-13-14(23-4-3-22-13)7-12(10)20-16(21)8-24-15-5-9(18)1-2-11(15)19/h1-2,5-7H,3-4,8H2,(H,20,21). The number of halogens is 3. The maximum Gasteiger partial charge on any atom is 0.234 e. The molecule has 0 saturated carbocycles. The Balaban J connectivity index is 1.65. The Kier molecular flexibility index (Phi) is 5.81. The summed E-state index contributed by atoms with van der Waals surface area (Å²) in [6.07, 6.45) is 0. The molecule has 126 valence electrons. The maximum atomic E-state index is 12.2. The van der Waals surface area contributed by atoms with Crippen molar-refractivity contribution in [3.8, 4) is 11.5 Å². The first-order valence-corrected chi connectivity index (χ1v) is 9.53. The van der Waals surface area contributed by atoms with Crippen LogP contribution >= 0.6 is 50.9 Å². The Labute approximate surface area is 161 Å². The van der Waals surface area contributed by atoms with Gasteiger partial charge in [-0.15, -0.1) is 11.8 Å². The van der Waals surface area contributed by atoms with Crippen LogP contribution in [0, 0.1) is 0 Å². The largest absolute Gasteiger partial charge is 0.486 e. The molecule has 4 nitrogen and oxygen atoms in total. The number of amides is 1. The minimum atomic E-state index is -0.159. The predicted octanol–water partition coefficient (Wildman–Crippen LogP) is 5.26. The molecule has 0 fully saturated rings. The first-order valence-electron chi connectivity index (χ1n) is 7.00. The van der Waals surface area contributed by atoms with E-state index in [0.717, 1.165) is 9.37 Å². The number of hydrogen-bond acceptors (Lipinski definition) is 4. The zero-order chi connectivity index (χ0) is 17.1. The summed E-state index contributed by atoms with van der Waals surface area (Å²) in [7, 11) is 0. The van der Waals surface area contributed by atoms with Gasteiger partial charge in [0.25, 0.3) is 0 Å². The lowest BCUT2D eigenvalue weighted by Crippen LogP contribution is -2.17. The normalized spacial score (nSPS) is 12.8. The van der Waals surface area contributed by atoms with Crippen molar-refractivity contribution in [2.75, 3.05) is 24.3 Å². The van der Waals surface area contributed by atoms with Gasteiger partial charge in [0, 0.05) is 26.5 Å². The first kappa shape index (κ1) is 17.7. The van der Waals surface area contributed by atoms with Gasteiger partial charge in [0.2, 0.25) is 5.91 Å². The van der Waals surface area contributed by atoms with Crippen molar-refractivity contribution in [2.24, 2.45) is 0 Å². The van der Waals surface area contributed by atoms with Gasteiger partial charge in [-0.1, -0.05) is 23.2 Å². The number of anilines is 1. The summed E-state index contributed by atoms with van der Waals surface area (Å²) in [6, 6.07) is 8.68. The third-order valence-electron chi connectivity index (χ3n) is 3.16. The van der Waals surface area contributed by atoms with Crippen LogP contribution in [0.2, 0.25) is 10.0 Å². The van der Waals surface area contributed by atoms with Crippen LogP contribution < -0.4 is 14.8 Å². The van der Waals surface area contributed by atoms with Crippen LogP contribution in [0.15, 0.2) is 39.7 Å². The van der Waals surface area contributed by atoms with E-state index in [4.69, 9.17) is 32.7 Å². The van der Waals surface area contributed by atoms with E-state index in [1.165, 1.54) is 11.8 Å². The van der Waals surface area contributed by atoms with Crippen LogP contribution in [0.25, 0.3) is 0 Å². The molecular weight excluding hydrogens is 437 g/mol. The van der Waals surface area contributed by atoms with Gasteiger partial charge in [-0.3, -0.25) is 4.79 Å². The Morgan fingerprint density at radius 1 is 1.17 bits per heavy atom. The molecule has 3 rings (SSSR count). The number of carbonyl (C=O) groups excluding carboxylic acids is 1. The summed E-state index contributed by atoms with van der Waals surface area (Å²) in [6.45, 7) is 1.01. The summed E-state index contributed by atoms with van der Waals surface area (Å²) in [5, 5.41) is 3.99. The second-order valence-corrected chi connectivity index (χ2v) is 7.60. The van der Waals surface area contributed by atoms with E-state index in [-0.39, 0.29) is 11.7 Å². The summed E-state index contributed by atoms with van der Waals surface area (Å²) in [5.74, 6) is 1.32. The van der Waals surface area contributed by atoms with Crippen LogP contribution in [0.5, 0.6) is 11.5 Å². The highest BCUT2D eigenvalue weighted by molar-refractivity contribution is 9.10.